The van der Waals surface area contributed by atoms with Gasteiger partial charge < -0.3 is 10.3 Å². The van der Waals surface area contributed by atoms with Crippen molar-refractivity contribution in [3.8, 4) is 0 Å². The minimum Gasteiger partial charge on any atom is -0.341 e. The number of carbonyl (C=O) groups is 1. The molecular formula is C18H17F2N3OS2. The number of nitrogens with one attached hydrogen (secondary N) is 2. The fourth-order valence-electron chi connectivity index (χ4n) is 2.36. The van der Waals surface area contributed by atoms with Gasteiger partial charge in [0.05, 0.1) is 22.0 Å². The maximum absolute atomic E-state index is 12.3. The average Bonchev–Trinajstić information content (AvgIpc) is 3.05. The van der Waals surface area contributed by atoms with Crippen LogP contribution in [-0.4, -0.2) is 27.4 Å². The van der Waals surface area contributed by atoms with E-state index in [4.69, 9.17) is 0 Å². The van der Waals surface area contributed by atoms with Crippen molar-refractivity contribution in [1.29, 1.82) is 0 Å². The Labute approximate surface area is 158 Å². The minimum absolute atomic E-state index is 0.0398. The highest BCUT2D eigenvalue weighted by Gasteiger charge is 2.13. The van der Waals surface area contributed by atoms with E-state index in [2.05, 4.69) is 15.3 Å². The number of amides is 1. The lowest BCUT2D eigenvalue weighted by atomic mass is 10.3. The minimum atomic E-state index is -2.45. The van der Waals surface area contributed by atoms with Gasteiger partial charge in [0.2, 0.25) is 5.91 Å². The van der Waals surface area contributed by atoms with Gasteiger partial charge in [-0.1, -0.05) is 23.9 Å². The van der Waals surface area contributed by atoms with Crippen molar-refractivity contribution >= 4 is 46.2 Å². The van der Waals surface area contributed by atoms with Gasteiger partial charge in [0.1, 0.15) is 5.82 Å². The average molecular weight is 393 g/mol. The van der Waals surface area contributed by atoms with Crippen molar-refractivity contribution in [2.45, 2.75) is 22.8 Å². The first kappa shape index (κ1) is 18.7. The number of hydrogen-bond acceptors (Lipinski definition) is 4. The lowest BCUT2D eigenvalue weighted by Crippen LogP contribution is -2.14. The lowest BCUT2D eigenvalue weighted by Gasteiger charge is -2.09. The quantitative estimate of drug-likeness (QED) is 0.534. The summed E-state index contributed by atoms with van der Waals surface area (Å²) < 4.78 is 24.6. The van der Waals surface area contributed by atoms with Crippen molar-refractivity contribution in [3.05, 3.63) is 54.4 Å². The third-order valence-corrected chi connectivity index (χ3v) is 5.50. The van der Waals surface area contributed by atoms with Gasteiger partial charge in [-0.25, -0.2) is 4.98 Å². The second kappa shape index (κ2) is 8.55. The number of hydrogen-bond donors (Lipinski definition) is 2. The number of imidazole rings is 1. The van der Waals surface area contributed by atoms with Crippen LogP contribution in [0.4, 0.5) is 14.5 Å². The zero-order valence-electron chi connectivity index (χ0n) is 13.9. The molecule has 0 aliphatic rings. The van der Waals surface area contributed by atoms with E-state index >= 15 is 0 Å². The van der Waals surface area contributed by atoms with Crippen LogP contribution in [0.25, 0.3) is 11.0 Å². The monoisotopic (exact) mass is 393 g/mol. The zero-order chi connectivity index (χ0) is 18.5. The molecule has 1 heterocycles. The second-order valence-electron chi connectivity index (χ2n) is 5.54. The van der Waals surface area contributed by atoms with Gasteiger partial charge in [0.15, 0.2) is 0 Å². The van der Waals surface area contributed by atoms with Crippen LogP contribution in [0.1, 0.15) is 18.0 Å². The Morgan fingerprint density at radius 1 is 1.19 bits per heavy atom. The Bertz CT molecular complexity index is 851. The van der Waals surface area contributed by atoms with Crippen molar-refractivity contribution in [2.75, 3.05) is 11.1 Å². The molecule has 0 radical (unpaired) electrons. The van der Waals surface area contributed by atoms with E-state index in [0.717, 1.165) is 16.9 Å². The van der Waals surface area contributed by atoms with Crippen LogP contribution in [0.2, 0.25) is 0 Å². The summed E-state index contributed by atoms with van der Waals surface area (Å²) in [5.41, 5.74) is 2.47. The summed E-state index contributed by atoms with van der Waals surface area (Å²) in [7, 11) is 0. The van der Waals surface area contributed by atoms with E-state index in [1.807, 2.05) is 31.2 Å². The first-order valence-corrected chi connectivity index (χ1v) is 9.85. The molecule has 8 heteroatoms. The number of carbonyl (C=O) groups excluding carboxylic acids is 1. The van der Waals surface area contributed by atoms with E-state index in [1.165, 1.54) is 11.8 Å². The molecule has 0 aliphatic heterocycles. The molecule has 1 amide bonds. The summed E-state index contributed by atoms with van der Waals surface area (Å²) in [5.74, 6) is -1.50. The SMILES string of the molecule is CC(SCC(=O)Nc1ccc(SC(F)F)cc1)c1nc2ccccc2[nH]1. The Morgan fingerprint density at radius 2 is 1.92 bits per heavy atom. The molecule has 2 aromatic carbocycles. The van der Waals surface area contributed by atoms with Gasteiger partial charge in [-0.3, -0.25) is 4.79 Å². The van der Waals surface area contributed by atoms with Crippen LogP contribution < -0.4 is 5.32 Å². The fraction of sp³-hybridized carbons (Fsp3) is 0.222. The van der Waals surface area contributed by atoms with Crippen LogP contribution in [0.3, 0.4) is 0 Å². The Hall–Kier alpha value is -2.06. The molecule has 0 bridgehead atoms. The van der Waals surface area contributed by atoms with E-state index in [-0.39, 0.29) is 16.9 Å². The molecule has 0 spiro atoms. The summed E-state index contributed by atoms with van der Waals surface area (Å²) in [5, 5.41) is 2.81. The molecule has 0 aliphatic carbocycles. The topological polar surface area (TPSA) is 57.8 Å². The number of nitrogens with zero attached hydrogens (tertiary/aromatic N) is 1. The van der Waals surface area contributed by atoms with Crippen LogP contribution in [0.5, 0.6) is 0 Å². The van der Waals surface area contributed by atoms with Gasteiger partial charge in [0, 0.05) is 10.6 Å². The maximum atomic E-state index is 12.3. The first-order valence-electron chi connectivity index (χ1n) is 7.92. The number of halogens is 2. The molecule has 3 rings (SSSR count). The summed E-state index contributed by atoms with van der Waals surface area (Å²) in [6.45, 7) is 1.99. The fourth-order valence-corrected chi connectivity index (χ4v) is 3.60. The number of aromatic nitrogens is 2. The predicted molar refractivity (Wildman–Crippen MR) is 104 cm³/mol. The van der Waals surface area contributed by atoms with Crippen LogP contribution >= 0.6 is 23.5 Å². The van der Waals surface area contributed by atoms with Crippen LogP contribution in [0.15, 0.2) is 53.4 Å². The number of aromatic amines is 1. The molecule has 1 unspecified atom stereocenters. The molecule has 1 atom stereocenters. The normalized spacial score (nSPS) is 12.5. The lowest BCUT2D eigenvalue weighted by molar-refractivity contribution is -0.113. The number of anilines is 1. The molecular weight excluding hydrogens is 376 g/mol. The molecule has 136 valence electrons. The largest absolute Gasteiger partial charge is 0.341 e. The molecule has 1 aromatic heterocycles. The number of H-pyrrole nitrogens is 1. The number of fused-ring (bicyclic) bond motifs is 1. The highest BCUT2D eigenvalue weighted by atomic mass is 32.2. The van der Waals surface area contributed by atoms with Gasteiger partial charge in [-0.15, -0.1) is 11.8 Å². The molecule has 0 fully saturated rings. The van der Waals surface area contributed by atoms with E-state index < -0.39 is 5.76 Å². The number of alkyl halides is 2. The van der Waals surface area contributed by atoms with Gasteiger partial charge in [-0.2, -0.15) is 8.78 Å². The molecule has 0 saturated carbocycles. The maximum Gasteiger partial charge on any atom is 0.288 e. The van der Waals surface area contributed by atoms with Crippen LogP contribution in [0, 0.1) is 0 Å². The highest BCUT2D eigenvalue weighted by molar-refractivity contribution is 8.00. The molecule has 4 nitrogen and oxygen atoms in total. The summed E-state index contributed by atoms with van der Waals surface area (Å²) in [4.78, 5) is 20.4. The molecule has 2 N–H and O–H groups in total. The van der Waals surface area contributed by atoms with Crippen molar-refractivity contribution in [1.82, 2.24) is 9.97 Å². The van der Waals surface area contributed by atoms with Gasteiger partial charge in [0.25, 0.3) is 5.76 Å². The van der Waals surface area contributed by atoms with Crippen molar-refractivity contribution < 1.29 is 13.6 Å². The molecule has 0 saturated heterocycles. The van der Waals surface area contributed by atoms with E-state index in [1.54, 1.807) is 24.3 Å². The Kier molecular flexibility index (Phi) is 6.16. The Balaban J connectivity index is 1.51. The van der Waals surface area contributed by atoms with Crippen molar-refractivity contribution in [3.63, 3.8) is 0 Å². The number of para-hydroxylation sites is 2. The van der Waals surface area contributed by atoms with Crippen molar-refractivity contribution in [2.24, 2.45) is 0 Å². The summed E-state index contributed by atoms with van der Waals surface area (Å²) >= 11 is 1.95. The smallest absolute Gasteiger partial charge is 0.288 e. The predicted octanol–water partition coefficient (Wildman–Crippen LogP) is 5.31. The number of benzene rings is 2. The molecule has 26 heavy (non-hydrogen) atoms. The van der Waals surface area contributed by atoms with Crippen LogP contribution in [-0.2, 0) is 4.79 Å². The standard InChI is InChI=1S/C18H17F2N3OS2/c1-11(17-22-14-4-2-3-5-15(14)23-17)25-10-16(24)21-12-6-8-13(9-7-12)26-18(19)20/h2-9,11,18H,10H2,1H3,(H,21,24)(H,22,23). The summed E-state index contributed by atoms with van der Waals surface area (Å²) in [6, 6.07) is 14.2. The zero-order valence-corrected chi connectivity index (χ0v) is 15.5. The van der Waals surface area contributed by atoms with Gasteiger partial charge in [-0.05, 0) is 43.3 Å². The highest BCUT2D eigenvalue weighted by Crippen LogP contribution is 2.28. The third kappa shape index (κ3) is 4.98. The Morgan fingerprint density at radius 3 is 2.62 bits per heavy atom. The molecule has 3 aromatic rings. The second-order valence-corrected chi connectivity index (χ2v) is 7.94. The van der Waals surface area contributed by atoms with E-state index in [0.29, 0.717) is 22.3 Å². The van der Waals surface area contributed by atoms with Gasteiger partial charge >= 0.3 is 0 Å². The third-order valence-electron chi connectivity index (χ3n) is 3.62. The first-order chi connectivity index (χ1) is 12.5. The van der Waals surface area contributed by atoms with E-state index in [9.17, 15) is 13.6 Å². The summed E-state index contributed by atoms with van der Waals surface area (Å²) in [6.07, 6.45) is 0. The number of thioether (sulfide) groups is 2. The number of rotatable bonds is 7.